The van der Waals surface area contributed by atoms with Crippen molar-refractivity contribution < 1.29 is 10.2 Å². The van der Waals surface area contributed by atoms with Gasteiger partial charge in [-0.2, -0.15) is 0 Å². The maximum atomic E-state index is 9.84. The molecule has 2 aromatic rings. The van der Waals surface area contributed by atoms with Crippen molar-refractivity contribution in [3.63, 3.8) is 0 Å². The van der Waals surface area contributed by atoms with Gasteiger partial charge in [0.2, 0.25) is 0 Å². The summed E-state index contributed by atoms with van der Waals surface area (Å²) in [5.41, 5.74) is 0.337. The van der Waals surface area contributed by atoms with Crippen LogP contribution in [0.5, 0.6) is 11.5 Å². The maximum Gasteiger partial charge on any atom is 0.124 e. The van der Waals surface area contributed by atoms with E-state index in [-0.39, 0.29) is 11.5 Å². The Hall–Kier alpha value is -2.62. The van der Waals surface area contributed by atoms with E-state index in [1.54, 1.807) is 36.7 Å². The van der Waals surface area contributed by atoms with Gasteiger partial charge in [-0.25, -0.2) is 0 Å². The third-order valence-electron chi connectivity index (χ3n) is 4.42. The molecule has 0 aliphatic carbocycles. The molecule has 0 fully saturated rings. The van der Waals surface area contributed by atoms with Crippen molar-refractivity contribution in [1.82, 2.24) is 0 Å². The first-order valence-electron chi connectivity index (χ1n) is 7.89. The zero-order valence-corrected chi connectivity index (χ0v) is 14.6. The molecule has 0 spiro atoms. The summed E-state index contributed by atoms with van der Waals surface area (Å²) in [4.78, 5) is 9.26. The van der Waals surface area contributed by atoms with Gasteiger partial charge >= 0.3 is 0 Å². The molecule has 0 aromatic heterocycles. The first kappa shape index (κ1) is 17.7. The molecule has 2 N–H and O–H groups in total. The number of para-hydroxylation sites is 2. The number of hydrogen-bond donors (Lipinski definition) is 2. The molecule has 0 atom stereocenters. The van der Waals surface area contributed by atoms with Crippen LogP contribution in [0.3, 0.4) is 0 Å². The van der Waals surface area contributed by atoms with E-state index in [9.17, 15) is 10.2 Å². The molecule has 0 bridgehead atoms. The molecule has 0 radical (unpaired) electrons. The SMILES string of the molecule is CC(C)(N=Cc1ccccc1O)C(C)(C)N=Cc1ccccc1O. The Bertz CT molecular complexity index is 696. The van der Waals surface area contributed by atoms with Crippen LogP contribution < -0.4 is 0 Å². The van der Waals surface area contributed by atoms with Crippen molar-refractivity contribution >= 4 is 12.4 Å². The lowest BCUT2D eigenvalue weighted by Gasteiger charge is -2.35. The lowest BCUT2D eigenvalue weighted by atomic mass is 9.83. The lowest BCUT2D eigenvalue weighted by molar-refractivity contribution is 0.317. The molecule has 2 aromatic carbocycles. The van der Waals surface area contributed by atoms with Gasteiger partial charge in [-0.05, 0) is 52.0 Å². The van der Waals surface area contributed by atoms with Crippen molar-refractivity contribution in [1.29, 1.82) is 0 Å². The summed E-state index contributed by atoms with van der Waals surface area (Å²) in [7, 11) is 0. The van der Waals surface area contributed by atoms with Crippen LogP contribution in [0, 0.1) is 0 Å². The molecule has 0 heterocycles. The van der Waals surface area contributed by atoms with E-state index in [1.807, 2.05) is 52.0 Å². The van der Waals surface area contributed by atoms with Gasteiger partial charge in [0.25, 0.3) is 0 Å². The Morgan fingerprint density at radius 1 is 0.667 bits per heavy atom. The van der Waals surface area contributed by atoms with Gasteiger partial charge in [0.15, 0.2) is 0 Å². The molecule has 0 saturated heterocycles. The highest BCUT2D eigenvalue weighted by atomic mass is 16.3. The van der Waals surface area contributed by atoms with E-state index >= 15 is 0 Å². The Balaban J connectivity index is 2.23. The van der Waals surface area contributed by atoms with E-state index in [0.29, 0.717) is 11.1 Å². The second-order valence-electron chi connectivity index (χ2n) is 6.75. The van der Waals surface area contributed by atoms with Crippen LogP contribution >= 0.6 is 0 Å². The Labute approximate surface area is 143 Å². The average Bonchev–Trinajstić information content (AvgIpc) is 2.53. The minimum atomic E-state index is -0.504. The Kier molecular flexibility index (Phi) is 5.07. The Morgan fingerprint density at radius 3 is 1.33 bits per heavy atom. The highest BCUT2D eigenvalue weighted by molar-refractivity contribution is 5.84. The summed E-state index contributed by atoms with van der Waals surface area (Å²) in [5, 5.41) is 19.7. The number of rotatable bonds is 5. The predicted molar refractivity (Wildman–Crippen MR) is 99.6 cm³/mol. The van der Waals surface area contributed by atoms with Gasteiger partial charge in [-0.1, -0.05) is 24.3 Å². The number of benzene rings is 2. The topological polar surface area (TPSA) is 65.2 Å². The molecular formula is C20H24N2O2. The summed E-state index contributed by atoms with van der Waals surface area (Å²) in [5.74, 6) is 0.403. The molecule has 0 aliphatic heterocycles. The molecule has 0 amide bonds. The van der Waals surface area contributed by atoms with Crippen molar-refractivity contribution in [3.05, 3.63) is 59.7 Å². The maximum absolute atomic E-state index is 9.84. The standard InChI is InChI=1S/C20H24N2O2/c1-19(2,21-13-15-9-5-7-11-17(15)23)20(3,4)22-14-16-10-6-8-12-18(16)24/h5-14,23-24H,1-4H3. The second-order valence-corrected chi connectivity index (χ2v) is 6.75. The number of aliphatic imine (C=N–C) groups is 2. The zero-order valence-electron chi connectivity index (χ0n) is 14.6. The molecule has 24 heavy (non-hydrogen) atoms. The van der Waals surface area contributed by atoms with Gasteiger partial charge in [0.05, 0.1) is 11.1 Å². The van der Waals surface area contributed by atoms with Gasteiger partial charge in [-0.15, -0.1) is 0 Å². The number of aromatic hydroxyl groups is 2. The van der Waals surface area contributed by atoms with Crippen molar-refractivity contribution in [3.8, 4) is 11.5 Å². The highest BCUT2D eigenvalue weighted by Crippen LogP contribution is 2.30. The van der Waals surface area contributed by atoms with E-state index in [2.05, 4.69) is 9.98 Å². The first-order chi connectivity index (χ1) is 11.2. The second kappa shape index (κ2) is 6.87. The first-order valence-corrected chi connectivity index (χ1v) is 7.89. The summed E-state index contributed by atoms with van der Waals surface area (Å²) >= 11 is 0. The van der Waals surface area contributed by atoms with Crippen molar-refractivity contribution in [2.45, 2.75) is 38.8 Å². The average molecular weight is 324 g/mol. The number of phenolic OH excluding ortho intramolecular Hbond substituents is 2. The fourth-order valence-corrected chi connectivity index (χ4v) is 1.97. The van der Waals surface area contributed by atoms with E-state index in [4.69, 9.17) is 0 Å². The molecule has 0 unspecified atom stereocenters. The molecule has 126 valence electrons. The molecule has 2 rings (SSSR count). The van der Waals surface area contributed by atoms with Crippen LogP contribution in [-0.4, -0.2) is 33.7 Å². The normalized spacial score (nSPS) is 13.0. The highest BCUT2D eigenvalue weighted by Gasteiger charge is 2.35. The van der Waals surface area contributed by atoms with Crippen LogP contribution in [0.15, 0.2) is 58.5 Å². The summed E-state index contributed by atoms with van der Waals surface area (Å²) in [6.45, 7) is 7.97. The monoisotopic (exact) mass is 324 g/mol. The molecule has 0 saturated carbocycles. The zero-order chi connectivity index (χ0) is 17.8. The van der Waals surface area contributed by atoms with E-state index in [1.165, 1.54) is 0 Å². The molecule has 0 aliphatic rings. The van der Waals surface area contributed by atoms with Crippen molar-refractivity contribution in [2.75, 3.05) is 0 Å². The van der Waals surface area contributed by atoms with Gasteiger partial charge < -0.3 is 10.2 Å². The number of nitrogens with zero attached hydrogens (tertiary/aromatic N) is 2. The number of hydrogen-bond acceptors (Lipinski definition) is 4. The summed E-state index contributed by atoms with van der Waals surface area (Å²) < 4.78 is 0. The van der Waals surface area contributed by atoms with Crippen molar-refractivity contribution in [2.24, 2.45) is 9.98 Å². The van der Waals surface area contributed by atoms with E-state index in [0.717, 1.165) is 0 Å². The van der Waals surface area contributed by atoms with E-state index < -0.39 is 11.1 Å². The lowest BCUT2D eigenvalue weighted by Crippen LogP contribution is -2.42. The Morgan fingerprint density at radius 2 is 1.00 bits per heavy atom. The third kappa shape index (κ3) is 4.02. The van der Waals surface area contributed by atoms with Gasteiger partial charge in [0.1, 0.15) is 11.5 Å². The molecular weight excluding hydrogens is 300 g/mol. The van der Waals surface area contributed by atoms with Crippen LogP contribution in [-0.2, 0) is 0 Å². The number of phenols is 2. The predicted octanol–water partition coefficient (Wildman–Crippen LogP) is 4.19. The third-order valence-corrected chi connectivity index (χ3v) is 4.42. The van der Waals surface area contributed by atoms with Crippen LogP contribution in [0.4, 0.5) is 0 Å². The summed E-state index contributed by atoms with van der Waals surface area (Å²) in [6, 6.07) is 14.2. The smallest absolute Gasteiger partial charge is 0.124 e. The quantitative estimate of drug-likeness (QED) is 0.810. The minimum Gasteiger partial charge on any atom is -0.507 e. The summed E-state index contributed by atoms with van der Waals surface area (Å²) in [6.07, 6.45) is 3.35. The van der Waals surface area contributed by atoms with Gasteiger partial charge in [0, 0.05) is 23.6 Å². The fourth-order valence-electron chi connectivity index (χ4n) is 1.97. The van der Waals surface area contributed by atoms with Crippen LogP contribution in [0.2, 0.25) is 0 Å². The minimum absolute atomic E-state index is 0.201. The fraction of sp³-hybridized carbons (Fsp3) is 0.300. The van der Waals surface area contributed by atoms with Gasteiger partial charge in [-0.3, -0.25) is 9.98 Å². The van der Waals surface area contributed by atoms with Crippen LogP contribution in [0.25, 0.3) is 0 Å². The largest absolute Gasteiger partial charge is 0.507 e. The molecule has 4 nitrogen and oxygen atoms in total. The molecule has 4 heteroatoms. The van der Waals surface area contributed by atoms with Crippen LogP contribution in [0.1, 0.15) is 38.8 Å².